The van der Waals surface area contributed by atoms with Crippen molar-refractivity contribution in [3.8, 4) is 0 Å². The molecule has 29 heavy (non-hydrogen) atoms. The maximum absolute atomic E-state index is 12.5. The standard InChI is InChI=1S/C21H33N5O2.HI/c1-4-22-21(23-16-17-7-9-18(10-8-17)24(2)3)26-13-11-25(12-14-26)20(27)19-6-5-15-28-19;/h7-10,19H,4-6,11-16H2,1-3H3,(H,22,23);1H. The van der Waals surface area contributed by atoms with Gasteiger partial charge in [-0.1, -0.05) is 12.1 Å². The van der Waals surface area contributed by atoms with Crippen LogP contribution in [0.5, 0.6) is 0 Å². The Kier molecular flexibility index (Phi) is 9.48. The molecule has 7 nitrogen and oxygen atoms in total. The summed E-state index contributed by atoms with van der Waals surface area (Å²) in [4.78, 5) is 23.6. The number of carbonyl (C=O) groups excluding carboxylic acids is 1. The molecule has 2 aliphatic heterocycles. The number of nitrogens with one attached hydrogen (secondary N) is 1. The van der Waals surface area contributed by atoms with Crippen LogP contribution in [0.2, 0.25) is 0 Å². The minimum atomic E-state index is -0.224. The van der Waals surface area contributed by atoms with E-state index in [0.29, 0.717) is 13.2 Å². The van der Waals surface area contributed by atoms with E-state index in [0.717, 1.165) is 51.5 Å². The van der Waals surface area contributed by atoms with Gasteiger partial charge in [0.15, 0.2) is 5.96 Å². The third kappa shape index (κ3) is 6.47. The molecule has 162 valence electrons. The van der Waals surface area contributed by atoms with Crippen molar-refractivity contribution in [2.45, 2.75) is 32.4 Å². The van der Waals surface area contributed by atoms with Crippen LogP contribution in [0.4, 0.5) is 5.69 Å². The van der Waals surface area contributed by atoms with Gasteiger partial charge in [-0.15, -0.1) is 24.0 Å². The van der Waals surface area contributed by atoms with E-state index in [1.54, 1.807) is 0 Å². The molecule has 1 amide bonds. The van der Waals surface area contributed by atoms with Gasteiger partial charge in [0, 0.05) is 59.1 Å². The predicted molar refractivity (Wildman–Crippen MR) is 128 cm³/mol. The maximum atomic E-state index is 12.5. The second-order valence-corrected chi connectivity index (χ2v) is 7.55. The number of carbonyl (C=O) groups is 1. The van der Waals surface area contributed by atoms with Crippen molar-refractivity contribution in [1.82, 2.24) is 15.1 Å². The SMILES string of the molecule is CCNC(=NCc1ccc(N(C)C)cc1)N1CCN(C(=O)C2CCCO2)CC1.I. The Morgan fingerprint density at radius 1 is 1.17 bits per heavy atom. The molecule has 1 aromatic carbocycles. The first-order valence-electron chi connectivity index (χ1n) is 10.3. The summed E-state index contributed by atoms with van der Waals surface area (Å²) in [5.74, 6) is 1.07. The minimum Gasteiger partial charge on any atom is -0.378 e. The van der Waals surface area contributed by atoms with Crippen molar-refractivity contribution < 1.29 is 9.53 Å². The summed E-state index contributed by atoms with van der Waals surface area (Å²) in [7, 11) is 4.08. The highest BCUT2D eigenvalue weighted by molar-refractivity contribution is 14.0. The zero-order chi connectivity index (χ0) is 19.9. The zero-order valence-electron chi connectivity index (χ0n) is 17.8. The van der Waals surface area contributed by atoms with E-state index in [-0.39, 0.29) is 36.0 Å². The van der Waals surface area contributed by atoms with Gasteiger partial charge in [-0.3, -0.25) is 4.79 Å². The number of benzene rings is 1. The first-order valence-corrected chi connectivity index (χ1v) is 10.3. The van der Waals surface area contributed by atoms with Crippen molar-refractivity contribution in [3.05, 3.63) is 29.8 Å². The third-order valence-electron chi connectivity index (χ3n) is 5.30. The molecule has 2 saturated heterocycles. The highest BCUT2D eigenvalue weighted by atomic mass is 127. The van der Waals surface area contributed by atoms with E-state index in [4.69, 9.17) is 9.73 Å². The molecule has 1 aromatic rings. The van der Waals surface area contributed by atoms with Gasteiger partial charge in [-0.05, 0) is 37.5 Å². The summed E-state index contributed by atoms with van der Waals surface area (Å²) in [5.41, 5.74) is 2.37. The number of rotatable bonds is 5. The van der Waals surface area contributed by atoms with Crippen molar-refractivity contribution in [3.63, 3.8) is 0 Å². The Hall–Kier alpha value is -1.55. The van der Waals surface area contributed by atoms with E-state index in [9.17, 15) is 4.79 Å². The molecular formula is C21H34IN5O2. The molecule has 8 heteroatoms. The van der Waals surface area contributed by atoms with Gasteiger partial charge in [0.1, 0.15) is 6.10 Å². The Morgan fingerprint density at radius 2 is 1.83 bits per heavy atom. The number of nitrogens with zero attached hydrogens (tertiary/aromatic N) is 4. The zero-order valence-corrected chi connectivity index (χ0v) is 20.1. The van der Waals surface area contributed by atoms with Crippen LogP contribution in [-0.4, -0.2) is 81.2 Å². The molecule has 0 aliphatic carbocycles. The summed E-state index contributed by atoms with van der Waals surface area (Å²) in [6.45, 7) is 7.30. The number of ether oxygens (including phenoxy) is 1. The lowest BCUT2D eigenvalue weighted by Crippen LogP contribution is -2.55. The fraction of sp³-hybridized carbons (Fsp3) is 0.619. The average molecular weight is 515 g/mol. The van der Waals surface area contributed by atoms with Crippen LogP contribution in [-0.2, 0) is 16.1 Å². The number of amides is 1. The molecule has 3 rings (SSSR count). The lowest BCUT2D eigenvalue weighted by Gasteiger charge is -2.37. The Bertz CT molecular complexity index is 666. The van der Waals surface area contributed by atoms with Crippen LogP contribution < -0.4 is 10.2 Å². The van der Waals surface area contributed by atoms with E-state index >= 15 is 0 Å². The summed E-state index contributed by atoms with van der Waals surface area (Å²) >= 11 is 0. The second-order valence-electron chi connectivity index (χ2n) is 7.55. The number of halogens is 1. The molecule has 0 spiro atoms. The van der Waals surface area contributed by atoms with Crippen LogP contribution in [0.1, 0.15) is 25.3 Å². The lowest BCUT2D eigenvalue weighted by molar-refractivity contribution is -0.142. The summed E-state index contributed by atoms with van der Waals surface area (Å²) in [6.07, 6.45) is 1.62. The van der Waals surface area contributed by atoms with Crippen LogP contribution in [0.25, 0.3) is 0 Å². The topological polar surface area (TPSA) is 60.4 Å². The van der Waals surface area contributed by atoms with E-state index in [2.05, 4.69) is 46.3 Å². The van der Waals surface area contributed by atoms with Crippen molar-refractivity contribution in [1.29, 1.82) is 0 Å². The first kappa shape index (κ1) is 23.7. The van der Waals surface area contributed by atoms with Gasteiger partial charge in [-0.2, -0.15) is 0 Å². The Labute approximate surface area is 191 Å². The highest BCUT2D eigenvalue weighted by Crippen LogP contribution is 2.16. The highest BCUT2D eigenvalue weighted by Gasteiger charge is 2.30. The molecule has 0 aromatic heterocycles. The molecule has 0 bridgehead atoms. The summed E-state index contributed by atoms with van der Waals surface area (Å²) < 4.78 is 5.55. The largest absolute Gasteiger partial charge is 0.378 e. The normalized spacial score (nSPS) is 19.7. The smallest absolute Gasteiger partial charge is 0.251 e. The fourth-order valence-corrected chi connectivity index (χ4v) is 3.61. The van der Waals surface area contributed by atoms with Gasteiger partial charge < -0.3 is 24.8 Å². The summed E-state index contributed by atoms with van der Waals surface area (Å²) in [5, 5.41) is 3.39. The third-order valence-corrected chi connectivity index (χ3v) is 5.30. The number of piperazine rings is 1. The van der Waals surface area contributed by atoms with Crippen molar-refractivity contribution in [2.75, 3.05) is 58.3 Å². The number of hydrogen-bond donors (Lipinski definition) is 1. The number of aliphatic imine (C=N–C) groups is 1. The maximum Gasteiger partial charge on any atom is 0.251 e. The van der Waals surface area contributed by atoms with Gasteiger partial charge in [0.05, 0.1) is 6.54 Å². The Balaban J connectivity index is 0.00000300. The van der Waals surface area contributed by atoms with E-state index in [1.807, 2.05) is 19.0 Å². The van der Waals surface area contributed by atoms with Gasteiger partial charge in [0.2, 0.25) is 0 Å². The van der Waals surface area contributed by atoms with Crippen LogP contribution in [0.3, 0.4) is 0 Å². The molecular weight excluding hydrogens is 481 g/mol. The van der Waals surface area contributed by atoms with Gasteiger partial charge >= 0.3 is 0 Å². The van der Waals surface area contributed by atoms with Crippen LogP contribution >= 0.6 is 24.0 Å². The number of anilines is 1. The summed E-state index contributed by atoms with van der Waals surface area (Å²) in [6, 6.07) is 8.49. The Morgan fingerprint density at radius 3 is 2.38 bits per heavy atom. The van der Waals surface area contributed by atoms with Gasteiger partial charge in [0.25, 0.3) is 5.91 Å². The van der Waals surface area contributed by atoms with E-state index in [1.165, 1.54) is 11.3 Å². The molecule has 1 N–H and O–H groups in total. The number of guanidine groups is 1. The second kappa shape index (κ2) is 11.6. The van der Waals surface area contributed by atoms with E-state index < -0.39 is 0 Å². The predicted octanol–water partition coefficient (Wildman–Crippen LogP) is 2.16. The minimum absolute atomic E-state index is 0. The van der Waals surface area contributed by atoms with Crippen LogP contribution in [0, 0.1) is 0 Å². The first-order chi connectivity index (χ1) is 13.6. The number of hydrogen-bond acceptors (Lipinski definition) is 4. The molecule has 2 aliphatic rings. The molecule has 1 unspecified atom stereocenters. The molecule has 0 radical (unpaired) electrons. The van der Waals surface area contributed by atoms with Gasteiger partial charge in [-0.25, -0.2) is 4.99 Å². The molecule has 1 atom stereocenters. The monoisotopic (exact) mass is 515 g/mol. The average Bonchev–Trinajstić information content (AvgIpc) is 3.26. The molecule has 0 saturated carbocycles. The molecule has 2 heterocycles. The van der Waals surface area contributed by atoms with Crippen molar-refractivity contribution in [2.24, 2.45) is 4.99 Å². The van der Waals surface area contributed by atoms with Crippen LogP contribution in [0.15, 0.2) is 29.3 Å². The lowest BCUT2D eigenvalue weighted by atomic mass is 10.2. The van der Waals surface area contributed by atoms with Crippen molar-refractivity contribution >= 4 is 41.5 Å². The quantitative estimate of drug-likeness (QED) is 0.370. The fourth-order valence-electron chi connectivity index (χ4n) is 3.61. The molecule has 2 fully saturated rings.